The lowest BCUT2D eigenvalue weighted by atomic mass is 10.2. The molecule has 0 radical (unpaired) electrons. The first-order valence-electron chi connectivity index (χ1n) is 5.29. The molecule has 0 bridgehead atoms. The lowest BCUT2D eigenvalue weighted by Gasteiger charge is -1.95. The highest BCUT2D eigenvalue weighted by Crippen LogP contribution is 2.14. The van der Waals surface area contributed by atoms with Crippen molar-refractivity contribution in [1.29, 1.82) is 0 Å². The fourth-order valence-corrected chi connectivity index (χ4v) is 1.01. The summed E-state index contributed by atoms with van der Waals surface area (Å²) in [7, 11) is 6.00. The van der Waals surface area contributed by atoms with Crippen molar-refractivity contribution < 1.29 is 4.79 Å². The van der Waals surface area contributed by atoms with Crippen LogP contribution in [0.2, 0.25) is 5.02 Å². The van der Waals surface area contributed by atoms with Gasteiger partial charge in [0.15, 0.2) is 6.29 Å². The highest BCUT2D eigenvalue weighted by molar-refractivity contribution is 6.33. The van der Waals surface area contributed by atoms with Gasteiger partial charge in [-0.05, 0) is 45.8 Å². The Morgan fingerprint density at radius 2 is 1.62 bits per heavy atom. The standard InChI is InChI=1S/C8H7ClO.C3H9N.C2H6/c1-6-2-3-7(5-10)8(9)4-6;1-4(2)3;1-2/h2-5H,1H3;1-3H3;1-2H3. The van der Waals surface area contributed by atoms with E-state index in [2.05, 4.69) is 0 Å². The topological polar surface area (TPSA) is 20.3 Å². The maximum absolute atomic E-state index is 10.3. The molecule has 1 aromatic rings. The molecule has 0 aromatic heterocycles. The molecule has 0 fully saturated rings. The van der Waals surface area contributed by atoms with Gasteiger partial charge < -0.3 is 4.90 Å². The van der Waals surface area contributed by atoms with E-state index >= 15 is 0 Å². The Bertz CT molecular complexity index is 295. The fraction of sp³-hybridized carbons (Fsp3) is 0.462. The highest BCUT2D eigenvalue weighted by atomic mass is 35.5. The molecule has 0 saturated heterocycles. The fourth-order valence-electron chi connectivity index (χ4n) is 0.728. The Morgan fingerprint density at radius 3 is 1.94 bits per heavy atom. The van der Waals surface area contributed by atoms with E-state index in [9.17, 15) is 4.79 Å². The van der Waals surface area contributed by atoms with E-state index in [0.29, 0.717) is 10.6 Å². The summed E-state index contributed by atoms with van der Waals surface area (Å²) >= 11 is 5.70. The number of carbonyl (C=O) groups excluding carboxylic acids is 1. The third-order valence-electron chi connectivity index (χ3n) is 1.28. The van der Waals surface area contributed by atoms with Crippen LogP contribution >= 0.6 is 11.6 Å². The van der Waals surface area contributed by atoms with Crippen molar-refractivity contribution in [3.05, 3.63) is 34.3 Å². The molecule has 1 aromatic carbocycles. The Kier molecular flexibility index (Phi) is 11.7. The van der Waals surface area contributed by atoms with Crippen LogP contribution in [0.15, 0.2) is 18.2 Å². The molecule has 92 valence electrons. The highest BCUT2D eigenvalue weighted by Gasteiger charge is 1.96. The van der Waals surface area contributed by atoms with Gasteiger partial charge in [0.05, 0.1) is 5.02 Å². The van der Waals surface area contributed by atoms with Crippen LogP contribution in [0.25, 0.3) is 0 Å². The van der Waals surface area contributed by atoms with E-state index < -0.39 is 0 Å². The van der Waals surface area contributed by atoms with Gasteiger partial charge in [-0.1, -0.05) is 31.5 Å². The average Bonchev–Trinajstić information content (AvgIpc) is 2.20. The van der Waals surface area contributed by atoms with Crippen LogP contribution in [-0.2, 0) is 0 Å². The van der Waals surface area contributed by atoms with Crippen LogP contribution in [0.3, 0.4) is 0 Å². The maximum atomic E-state index is 10.3. The molecule has 0 unspecified atom stereocenters. The Labute approximate surface area is 104 Å². The van der Waals surface area contributed by atoms with Crippen molar-refractivity contribution in [2.24, 2.45) is 0 Å². The van der Waals surface area contributed by atoms with Gasteiger partial charge in [0, 0.05) is 5.56 Å². The predicted molar refractivity (Wildman–Crippen MR) is 72.5 cm³/mol. The number of halogens is 1. The largest absolute Gasteiger partial charge is 0.312 e. The molecule has 16 heavy (non-hydrogen) atoms. The van der Waals surface area contributed by atoms with E-state index in [1.165, 1.54) is 0 Å². The summed E-state index contributed by atoms with van der Waals surface area (Å²) < 4.78 is 0. The Morgan fingerprint density at radius 1 is 1.19 bits per heavy atom. The van der Waals surface area contributed by atoms with Crippen LogP contribution < -0.4 is 0 Å². The number of hydrogen-bond donors (Lipinski definition) is 0. The van der Waals surface area contributed by atoms with Crippen molar-refractivity contribution in [3.63, 3.8) is 0 Å². The Hall–Kier alpha value is -0.860. The van der Waals surface area contributed by atoms with E-state index in [4.69, 9.17) is 11.6 Å². The van der Waals surface area contributed by atoms with Crippen LogP contribution in [0, 0.1) is 6.92 Å². The van der Waals surface area contributed by atoms with Crippen LogP contribution in [0.5, 0.6) is 0 Å². The van der Waals surface area contributed by atoms with Crippen LogP contribution in [0.1, 0.15) is 29.8 Å². The zero-order valence-corrected chi connectivity index (χ0v) is 11.8. The molecule has 0 N–H and O–H groups in total. The summed E-state index contributed by atoms with van der Waals surface area (Å²) in [5.74, 6) is 0. The minimum absolute atomic E-state index is 0.523. The minimum Gasteiger partial charge on any atom is -0.312 e. The average molecular weight is 244 g/mol. The molecule has 0 atom stereocenters. The molecule has 2 nitrogen and oxygen atoms in total. The minimum atomic E-state index is 0.523. The summed E-state index contributed by atoms with van der Waals surface area (Å²) in [4.78, 5) is 12.3. The number of rotatable bonds is 1. The third kappa shape index (κ3) is 9.69. The van der Waals surface area contributed by atoms with Crippen LogP contribution in [-0.4, -0.2) is 32.3 Å². The van der Waals surface area contributed by atoms with E-state index in [1.54, 1.807) is 12.1 Å². The first-order valence-corrected chi connectivity index (χ1v) is 5.67. The summed E-state index contributed by atoms with van der Waals surface area (Å²) in [6.45, 7) is 5.93. The van der Waals surface area contributed by atoms with Gasteiger partial charge in [0.25, 0.3) is 0 Å². The van der Waals surface area contributed by atoms with Gasteiger partial charge in [-0.15, -0.1) is 0 Å². The van der Waals surface area contributed by atoms with Gasteiger partial charge in [-0.2, -0.15) is 0 Å². The van der Waals surface area contributed by atoms with Crippen molar-refractivity contribution in [2.45, 2.75) is 20.8 Å². The quantitative estimate of drug-likeness (QED) is 0.702. The second-order valence-electron chi connectivity index (χ2n) is 3.48. The molecule has 0 aliphatic carbocycles. The third-order valence-corrected chi connectivity index (χ3v) is 1.61. The zero-order chi connectivity index (χ0) is 13.1. The predicted octanol–water partition coefficient (Wildman–Crippen LogP) is 3.66. The normalized spacial score (nSPS) is 8.50. The number of aryl methyl sites for hydroxylation is 1. The summed E-state index contributed by atoms with van der Waals surface area (Å²) in [6.07, 6.45) is 0.752. The monoisotopic (exact) mass is 243 g/mol. The lowest BCUT2D eigenvalue weighted by molar-refractivity contribution is 0.112. The number of nitrogens with zero attached hydrogens (tertiary/aromatic N) is 1. The number of carbonyl (C=O) groups is 1. The number of hydrogen-bond acceptors (Lipinski definition) is 2. The summed E-state index contributed by atoms with van der Waals surface area (Å²) in [5.41, 5.74) is 1.61. The molecule has 0 amide bonds. The van der Waals surface area contributed by atoms with Gasteiger partial charge >= 0.3 is 0 Å². The second-order valence-corrected chi connectivity index (χ2v) is 3.89. The summed E-state index contributed by atoms with van der Waals surface area (Å²) in [6, 6.07) is 5.34. The van der Waals surface area contributed by atoms with E-state index in [-0.39, 0.29) is 0 Å². The lowest BCUT2D eigenvalue weighted by Crippen LogP contribution is -1.99. The SMILES string of the molecule is CC.CN(C)C.Cc1ccc(C=O)c(Cl)c1. The van der Waals surface area contributed by atoms with Crippen molar-refractivity contribution >= 4 is 17.9 Å². The molecule has 0 saturated carbocycles. The molecule has 0 aliphatic heterocycles. The van der Waals surface area contributed by atoms with Crippen molar-refractivity contribution in [3.8, 4) is 0 Å². The second kappa shape index (κ2) is 10.7. The zero-order valence-electron chi connectivity index (χ0n) is 11.0. The van der Waals surface area contributed by atoms with Gasteiger partial charge in [0.1, 0.15) is 0 Å². The smallest absolute Gasteiger partial charge is 0.151 e. The maximum Gasteiger partial charge on any atom is 0.151 e. The summed E-state index contributed by atoms with van der Waals surface area (Å²) in [5, 5.41) is 0.523. The first-order chi connectivity index (χ1) is 7.47. The van der Waals surface area contributed by atoms with Gasteiger partial charge in [0.2, 0.25) is 0 Å². The molecule has 3 heteroatoms. The van der Waals surface area contributed by atoms with Crippen LogP contribution in [0.4, 0.5) is 0 Å². The molecule has 0 heterocycles. The first kappa shape index (κ1) is 17.5. The van der Waals surface area contributed by atoms with E-state index in [0.717, 1.165) is 11.8 Å². The number of benzene rings is 1. The molecular formula is C13H22ClNO. The molecule has 0 spiro atoms. The molecule has 0 aliphatic rings. The van der Waals surface area contributed by atoms with Gasteiger partial charge in [-0.3, -0.25) is 4.79 Å². The van der Waals surface area contributed by atoms with E-state index in [1.807, 2.05) is 52.9 Å². The molecule has 1 rings (SSSR count). The Balaban J connectivity index is 0. The molecular weight excluding hydrogens is 222 g/mol. The van der Waals surface area contributed by atoms with Gasteiger partial charge in [-0.25, -0.2) is 0 Å². The van der Waals surface area contributed by atoms with Crippen molar-refractivity contribution in [2.75, 3.05) is 21.1 Å². The van der Waals surface area contributed by atoms with Crippen molar-refractivity contribution in [1.82, 2.24) is 4.90 Å². The number of aldehydes is 1.